The number of hydrogen-bond acceptors (Lipinski definition) is 4. The van der Waals surface area contributed by atoms with E-state index in [9.17, 15) is 14.4 Å². The van der Waals surface area contributed by atoms with E-state index in [0.29, 0.717) is 45.2 Å². The van der Waals surface area contributed by atoms with Crippen LogP contribution >= 0.6 is 0 Å². The average molecular weight is 453 g/mol. The first-order chi connectivity index (χ1) is 16.0. The smallest absolute Gasteiger partial charge is 0.246 e. The van der Waals surface area contributed by atoms with E-state index in [2.05, 4.69) is 4.90 Å². The number of hydrogen-bond donors (Lipinski definition) is 0. The fourth-order valence-electron chi connectivity index (χ4n) is 5.42. The first kappa shape index (κ1) is 23.5. The lowest BCUT2D eigenvalue weighted by molar-refractivity contribution is -0.145. The summed E-state index contributed by atoms with van der Waals surface area (Å²) in [5.41, 5.74) is 1.02. The Kier molecular flexibility index (Phi) is 7.81. The van der Waals surface area contributed by atoms with E-state index >= 15 is 0 Å². The number of amides is 3. The Bertz CT molecular complexity index is 850. The lowest BCUT2D eigenvalue weighted by Gasteiger charge is -2.43. The van der Waals surface area contributed by atoms with Crippen LogP contribution in [0.25, 0.3) is 6.08 Å². The van der Waals surface area contributed by atoms with Crippen LogP contribution in [-0.2, 0) is 14.4 Å². The van der Waals surface area contributed by atoms with Gasteiger partial charge in [-0.1, -0.05) is 43.2 Å². The molecule has 0 N–H and O–H groups in total. The zero-order valence-corrected chi connectivity index (χ0v) is 19.7. The highest BCUT2D eigenvalue weighted by Gasteiger charge is 2.39. The summed E-state index contributed by atoms with van der Waals surface area (Å²) in [6.45, 7) is 6.81. The maximum atomic E-state index is 13.6. The van der Waals surface area contributed by atoms with E-state index in [4.69, 9.17) is 0 Å². The highest BCUT2D eigenvalue weighted by Crippen LogP contribution is 2.32. The SMILES string of the molecule is CC(=O)N1CCN(C(=O)C(C2CCCC2)N2CCN(C(=O)/C=C/c3ccccc3)CC2)CC1. The van der Waals surface area contributed by atoms with Crippen molar-refractivity contribution in [3.8, 4) is 0 Å². The van der Waals surface area contributed by atoms with Gasteiger partial charge in [0.05, 0.1) is 6.04 Å². The number of carbonyl (C=O) groups excluding carboxylic acids is 3. The number of piperazine rings is 2. The molecule has 1 saturated carbocycles. The van der Waals surface area contributed by atoms with Crippen LogP contribution in [-0.4, -0.2) is 95.7 Å². The molecule has 0 spiro atoms. The summed E-state index contributed by atoms with van der Waals surface area (Å²) in [5, 5.41) is 0. The minimum absolute atomic E-state index is 0.0302. The van der Waals surface area contributed by atoms with Gasteiger partial charge < -0.3 is 14.7 Å². The minimum atomic E-state index is -0.103. The Morgan fingerprint density at radius 3 is 2.00 bits per heavy atom. The van der Waals surface area contributed by atoms with E-state index in [1.165, 1.54) is 12.8 Å². The molecule has 7 nitrogen and oxygen atoms in total. The van der Waals surface area contributed by atoms with Crippen molar-refractivity contribution in [2.45, 2.75) is 38.6 Å². The second-order valence-electron chi connectivity index (χ2n) is 9.43. The van der Waals surface area contributed by atoms with Crippen LogP contribution in [0, 0.1) is 5.92 Å². The molecule has 1 aliphatic carbocycles. The maximum Gasteiger partial charge on any atom is 0.246 e. The number of benzene rings is 1. The monoisotopic (exact) mass is 452 g/mol. The Hall–Kier alpha value is -2.67. The maximum absolute atomic E-state index is 13.6. The normalized spacial score (nSPS) is 21.5. The number of rotatable bonds is 5. The molecule has 0 bridgehead atoms. The van der Waals surface area contributed by atoms with Gasteiger partial charge in [-0.2, -0.15) is 0 Å². The molecular formula is C26H36N4O3. The Morgan fingerprint density at radius 1 is 0.818 bits per heavy atom. The quantitative estimate of drug-likeness (QED) is 0.642. The Morgan fingerprint density at radius 2 is 1.39 bits per heavy atom. The largest absolute Gasteiger partial charge is 0.339 e. The van der Waals surface area contributed by atoms with Crippen LogP contribution in [0.1, 0.15) is 38.2 Å². The molecule has 0 radical (unpaired) electrons. The van der Waals surface area contributed by atoms with Gasteiger partial charge in [-0.25, -0.2) is 0 Å². The second-order valence-corrected chi connectivity index (χ2v) is 9.43. The van der Waals surface area contributed by atoms with Gasteiger partial charge >= 0.3 is 0 Å². The van der Waals surface area contributed by atoms with Crippen LogP contribution in [0.15, 0.2) is 36.4 Å². The molecule has 1 aromatic rings. The molecule has 1 unspecified atom stereocenters. The van der Waals surface area contributed by atoms with Crippen molar-refractivity contribution < 1.29 is 14.4 Å². The van der Waals surface area contributed by atoms with Gasteiger partial charge in [0.15, 0.2) is 0 Å². The van der Waals surface area contributed by atoms with Crippen molar-refractivity contribution in [1.82, 2.24) is 19.6 Å². The van der Waals surface area contributed by atoms with Crippen LogP contribution < -0.4 is 0 Å². The molecule has 178 valence electrons. The molecule has 3 amide bonds. The second kappa shape index (κ2) is 11.0. The summed E-state index contributed by atoms with van der Waals surface area (Å²) in [6.07, 6.45) is 8.09. The fourth-order valence-corrected chi connectivity index (χ4v) is 5.42. The van der Waals surface area contributed by atoms with Gasteiger partial charge in [-0.3, -0.25) is 19.3 Å². The molecule has 7 heteroatoms. The average Bonchev–Trinajstić information content (AvgIpc) is 3.38. The topological polar surface area (TPSA) is 64.2 Å². The first-order valence-electron chi connectivity index (χ1n) is 12.3. The van der Waals surface area contributed by atoms with Gasteiger partial charge in [0.1, 0.15) is 0 Å². The zero-order chi connectivity index (χ0) is 23.2. The molecule has 3 fully saturated rings. The first-order valence-corrected chi connectivity index (χ1v) is 12.3. The van der Waals surface area contributed by atoms with Crippen molar-refractivity contribution in [2.24, 2.45) is 5.92 Å². The summed E-state index contributed by atoms with van der Waals surface area (Å²) in [4.78, 5) is 46.0. The van der Waals surface area contributed by atoms with Gasteiger partial charge in [0, 0.05) is 65.4 Å². The van der Waals surface area contributed by atoms with Gasteiger partial charge in [-0.15, -0.1) is 0 Å². The van der Waals surface area contributed by atoms with Gasteiger partial charge in [-0.05, 0) is 30.4 Å². The third kappa shape index (κ3) is 5.82. The minimum Gasteiger partial charge on any atom is -0.339 e. The predicted octanol–water partition coefficient (Wildman–Crippen LogP) is 2.09. The molecule has 3 aliphatic rings. The van der Waals surface area contributed by atoms with Crippen LogP contribution in [0.2, 0.25) is 0 Å². The molecular weight excluding hydrogens is 416 g/mol. The standard InChI is InChI=1S/C26H36N4O3/c1-21(31)27-13-19-30(20-14-27)26(33)25(23-9-5-6-10-23)29-17-15-28(16-18-29)24(32)12-11-22-7-3-2-4-8-22/h2-4,7-8,11-12,23,25H,5-6,9-10,13-20H2,1H3/b12-11+. The molecule has 2 aliphatic heterocycles. The molecule has 1 atom stereocenters. The summed E-state index contributed by atoms with van der Waals surface area (Å²) < 4.78 is 0. The van der Waals surface area contributed by atoms with Crippen molar-refractivity contribution >= 4 is 23.8 Å². The van der Waals surface area contributed by atoms with Crippen molar-refractivity contribution in [3.05, 3.63) is 42.0 Å². The van der Waals surface area contributed by atoms with Gasteiger partial charge in [0.25, 0.3) is 0 Å². The highest BCUT2D eigenvalue weighted by molar-refractivity contribution is 5.92. The number of carbonyl (C=O) groups is 3. The van der Waals surface area contributed by atoms with Crippen molar-refractivity contribution in [1.29, 1.82) is 0 Å². The van der Waals surface area contributed by atoms with Crippen LogP contribution in [0.5, 0.6) is 0 Å². The zero-order valence-electron chi connectivity index (χ0n) is 19.7. The fraction of sp³-hybridized carbons (Fsp3) is 0.577. The Labute approximate surface area is 197 Å². The van der Waals surface area contributed by atoms with E-state index in [1.54, 1.807) is 13.0 Å². The van der Waals surface area contributed by atoms with Crippen molar-refractivity contribution in [3.63, 3.8) is 0 Å². The van der Waals surface area contributed by atoms with Crippen LogP contribution in [0.4, 0.5) is 0 Å². The molecule has 1 aromatic carbocycles. The van der Waals surface area contributed by atoms with Crippen molar-refractivity contribution in [2.75, 3.05) is 52.4 Å². The highest BCUT2D eigenvalue weighted by atomic mass is 16.2. The third-order valence-electron chi connectivity index (χ3n) is 7.37. The molecule has 2 saturated heterocycles. The molecule has 33 heavy (non-hydrogen) atoms. The Balaban J connectivity index is 1.36. The molecule has 4 rings (SSSR count). The summed E-state index contributed by atoms with van der Waals surface area (Å²) in [7, 11) is 0. The summed E-state index contributed by atoms with van der Waals surface area (Å²) in [5.74, 6) is 0.719. The predicted molar refractivity (Wildman–Crippen MR) is 128 cm³/mol. The van der Waals surface area contributed by atoms with Crippen LogP contribution in [0.3, 0.4) is 0 Å². The van der Waals surface area contributed by atoms with E-state index < -0.39 is 0 Å². The summed E-state index contributed by atoms with van der Waals surface area (Å²) in [6, 6.07) is 9.75. The molecule has 2 heterocycles. The third-order valence-corrected chi connectivity index (χ3v) is 7.37. The number of nitrogens with zero attached hydrogens (tertiary/aromatic N) is 4. The van der Waals surface area contributed by atoms with E-state index in [1.807, 2.05) is 51.1 Å². The lowest BCUT2D eigenvalue weighted by Crippen LogP contribution is -2.60. The van der Waals surface area contributed by atoms with E-state index in [-0.39, 0.29) is 23.8 Å². The molecule has 0 aromatic heterocycles. The van der Waals surface area contributed by atoms with E-state index in [0.717, 1.165) is 31.5 Å². The lowest BCUT2D eigenvalue weighted by atomic mass is 9.94. The van der Waals surface area contributed by atoms with Gasteiger partial charge in [0.2, 0.25) is 17.7 Å². The summed E-state index contributed by atoms with van der Waals surface area (Å²) >= 11 is 0.